The first-order valence-corrected chi connectivity index (χ1v) is 9.53. The highest BCUT2D eigenvalue weighted by atomic mass is 32.2. The molecule has 0 aliphatic rings. The predicted octanol–water partition coefficient (Wildman–Crippen LogP) is 0.675. The van der Waals surface area contributed by atoms with Gasteiger partial charge >= 0.3 is 0 Å². The summed E-state index contributed by atoms with van der Waals surface area (Å²) in [5.74, 6) is 0. The van der Waals surface area contributed by atoms with Gasteiger partial charge in [0.05, 0.1) is 14.7 Å². The molecule has 0 aliphatic carbocycles. The molecule has 2 aromatic carbocycles. The van der Waals surface area contributed by atoms with Crippen LogP contribution in [0, 0.1) is 20.2 Å². The molecule has 0 atom stereocenters. The van der Waals surface area contributed by atoms with Crippen molar-refractivity contribution >= 4 is 31.4 Å². The van der Waals surface area contributed by atoms with Crippen molar-refractivity contribution in [2.24, 2.45) is 0 Å². The number of sulfonamides is 2. The van der Waals surface area contributed by atoms with E-state index in [1.165, 1.54) is 21.8 Å². The zero-order chi connectivity index (χ0) is 19.5. The molecule has 0 fully saturated rings. The van der Waals surface area contributed by atoms with E-state index in [1.807, 2.05) is 0 Å². The van der Waals surface area contributed by atoms with Gasteiger partial charge in [0, 0.05) is 18.2 Å². The highest BCUT2D eigenvalue weighted by Gasteiger charge is 2.27. The van der Waals surface area contributed by atoms with Crippen LogP contribution in [0.2, 0.25) is 0 Å². The van der Waals surface area contributed by atoms with Crippen molar-refractivity contribution < 1.29 is 26.7 Å². The van der Waals surface area contributed by atoms with Gasteiger partial charge in [0.15, 0.2) is 4.90 Å². The van der Waals surface area contributed by atoms with Crippen LogP contribution in [0.3, 0.4) is 0 Å². The molecule has 2 aromatic rings. The minimum Gasteiger partial charge on any atom is -0.258 e. The first kappa shape index (κ1) is 19.4. The Hall–Kier alpha value is -2.94. The monoisotopic (exact) mass is 402 g/mol. The molecule has 0 aromatic heterocycles. The molecular weight excluding hydrogens is 392 g/mol. The van der Waals surface area contributed by atoms with Gasteiger partial charge in [-0.05, 0) is 12.1 Å². The lowest BCUT2D eigenvalue weighted by Crippen LogP contribution is -2.41. The van der Waals surface area contributed by atoms with Crippen molar-refractivity contribution in [2.45, 2.75) is 9.79 Å². The largest absolute Gasteiger partial charge is 0.289 e. The quantitative estimate of drug-likeness (QED) is 0.501. The van der Waals surface area contributed by atoms with Crippen LogP contribution in [0.25, 0.3) is 0 Å². The van der Waals surface area contributed by atoms with E-state index in [0.29, 0.717) is 0 Å². The van der Waals surface area contributed by atoms with Crippen molar-refractivity contribution in [3.8, 4) is 0 Å². The van der Waals surface area contributed by atoms with Gasteiger partial charge in [0.1, 0.15) is 0 Å². The van der Waals surface area contributed by atoms with Crippen LogP contribution in [0.4, 0.5) is 11.4 Å². The molecular formula is C12H10N4O8S2. The van der Waals surface area contributed by atoms with E-state index in [9.17, 15) is 37.1 Å². The summed E-state index contributed by atoms with van der Waals surface area (Å²) in [6.07, 6.45) is 0. The first-order chi connectivity index (χ1) is 12.0. The standard InChI is InChI=1S/C12H10N4O8S2/c17-15(18)9-4-3-5-10(8-9)25(21,22)13-14-26(23,24)12-7-2-1-6-11(12)16(19)20/h1-8,13-14H. The fourth-order valence-corrected chi connectivity index (χ4v) is 4.14. The van der Waals surface area contributed by atoms with Crippen LogP contribution in [-0.2, 0) is 20.0 Å². The van der Waals surface area contributed by atoms with Crippen LogP contribution in [-0.4, -0.2) is 26.7 Å². The number of benzene rings is 2. The summed E-state index contributed by atoms with van der Waals surface area (Å²) in [7, 11) is -9.12. The fraction of sp³-hybridized carbons (Fsp3) is 0. The lowest BCUT2D eigenvalue weighted by molar-refractivity contribution is -0.387. The topological polar surface area (TPSA) is 179 Å². The van der Waals surface area contributed by atoms with Crippen LogP contribution in [0.1, 0.15) is 0 Å². The zero-order valence-electron chi connectivity index (χ0n) is 12.6. The molecule has 12 nitrogen and oxygen atoms in total. The maximum absolute atomic E-state index is 12.2. The lowest BCUT2D eigenvalue weighted by Gasteiger charge is -2.09. The van der Waals surface area contributed by atoms with Crippen molar-refractivity contribution in [1.82, 2.24) is 9.66 Å². The molecule has 0 aliphatic heterocycles. The Labute approximate surface area is 146 Å². The molecule has 2 N–H and O–H groups in total. The summed E-state index contributed by atoms with van der Waals surface area (Å²) in [5.41, 5.74) is -1.27. The summed E-state index contributed by atoms with van der Waals surface area (Å²) >= 11 is 0. The summed E-state index contributed by atoms with van der Waals surface area (Å²) < 4.78 is 48.5. The Bertz CT molecular complexity index is 1080. The van der Waals surface area contributed by atoms with Gasteiger partial charge in [-0.3, -0.25) is 20.2 Å². The number of nitro benzene ring substituents is 2. The first-order valence-electron chi connectivity index (χ1n) is 6.56. The summed E-state index contributed by atoms with van der Waals surface area (Å²) in [5, 5.41) is 21.6. The number of hydrogen-bond donors (Lipinski definition) is 2. The van der Waals surface area contributed by atoms with E-state index in [0.717, 1.165) is 36.4 Å². The Morgan fingerprint density at radius 1 is 0.769 bits per heavy atom. The van der Waals surface area contributed by atoms with Crippen LogP contribution in [0.5, 0.6) is 0 Å². The highest BCUT2D eigenvalue weighted by Crippen LogP contribution is 2.22. The number of hydrazine groups is 1. The molecule has 0 saturated heterocycles. The van der Waals surface area contributed by atoms with Crippen molar-refractivity contribution in [1.29, 1.82) is 0 Å². The second-order valence-electron chi connectivity index (χ2n) is 4.69. The summed E-state index contributed by atoms with van der Waals surface area (Å²) in [4.78, 5) is 21.6. The Morgan fingerprint density at radius 2 is 1.38 bits per heavy atom. The van der Waals surface area contributed by atoms with E-state index < -0.39 is 51.1 Å². The normalized spacial score (nSPS) is 11.8. The Morgan fingerprint density at radius 3 is 2.00 bits per heavy atom. The average molecular weight is 402 g/mol. The number of nitrogens with zero attached hydrogens (tertiary/aromatic N) is 2. The number of nitrogens with one attached hydrogen (secondary N) is 2. The van der Waals surface area contributed by atoms with Gasteiger partial charge in [-0.25, -0.2) is 16.8 Å². The molecule has 0 amide bonds. The van der Waals surface area contributed by atoms with Crippen LogP contribution in [0.15, 0.2) is 58.3 Å². The molecule has 0 unspecified atom stereocenters. The smallest absolute Gasteiger partial charge is 0.258 e. The Kier molecular flexibility index (Phi) is 5.31. The third-order valence-corrected chi connectivity index (χ3v) is 5.67. The molecule has 0 bridgehead atoms. The number of non-ortho nitro benzene ring substituents is 1. The number of rotatable bonds is 7. The summed E-state index contributed by atoms with van der Waals surface area (Å²) in [6, 6.07) is 8.20. The molecule has 0 spiro atoms. The van der Waals surface area contributed by atoms with Gasteiger partial charge in [0.2, 0.25) is 0 Å². The number of nitro groups is 2. The maximum atomic E-state index is 12.2. The molecule has 138 valence electrons. The summed E-state index contributed by atoms with van der Waals surface area (Å²) in [6.45, 7) is 0. The number of hydrogen-bond acceptors (Lipinski definition) is 8. The third kappa shape index (κ3) is 4.17. The van der Waals surface area contributed by atoms with Gasteiger partial charge in [0.25, 0.3) is 31.4 Å². The van der Waals surface area contributed by atoms with Gasteiger partial charge in [-0.15, -0.1) is 9.66 Å². The van der Waals surface area contributed by atoms with Crippen LogP contribution < -0.4 is 9.66 Å². The van der Waals surface area contributed by atoms with E-state index >= 15 is 0 Å². The maximum Gasteiger partial charge on any atom is 0.289 e. The molecule has 0 saturated carbocycles. The molecule has 0 heterocycles. The highest BCUT2D eigenvalue weighted by molar-refractivity contribution is 7.92. The van der Waals surface area contributed by atoms with Crippen molar-refractivity contribution in [3.05, 3.63) is 68.8 Å². The van der Waals surface area contributed by atoms with Crippen molar-refractivity contribution in [3.63, 3.8) is 0 Å². The van der Waals surface area contributed by atoms with Gasteiger partial charge in [-0.1, -0.05) is 18.2 Å². The predicted molar refractivity (Wildman–Crippen MR) is 86.8 cm³/mol. The minimum atomic E-state index is -4.62. The Balaban J connectivity index is 2.31. The zero-order valence-corrected chi connectivity index (χ0v) is 14.2. The van der Waals surface area contributed by atoms with E-state index in [-0.39, 0.29) is 0 Å². The van der Waals surface area contributed by atoms with E-state index in [4.69, 9.17) is 0 Å². The van der Waals surface area contributed by atoms with Crippen LogP contribution >= 0.6 is 0 Å². The second-order valence-corrected chi connectivity index (χ2v) is 8.02. The SMILES string of the molecule is O=[N+]([O-])c1cccc(S(=O)(=O)NNS(=O)(=O)c2ccccc2[N+](=O)[O-])c1. The lowest BCUT2D eigenvalue weighted by atomic mass is 10.3. The molecule has 26 heavy (non-hydrogen) atoms. The fourth-order valence-electron chi connectivity index (χ4n) is 1.82. The van der Waals surface area contributed by atoms with Gasteiger partial charge in [-0.2, -0.15) is 0 Å². The molecule has 0 radical (unpaired) electrons. The van der Waals surface area contributed by atoms with E-state index in [1.54, 1.807) is 0 Å². The van der Waals surface area contributed by atoms with E-state index in [2.05, 4.69) is 0 Å². The van der Waals surface area contributed by atoms with Gasteiger partial charge < -0.3 is 0 Å². The molecule has 2 rings (SSSR count). The minimum absolute atomic E-state index is 0.519. The average Bonchev–Trinajstić information content (AvgIpc) is 2.60. The molecule has 14 heteroatoms. The second kappa shape index (κ2) is 7.12. The number of para-hydroxylation sites is 1. The van der Waals surface area contributed by atoms with Crippen molar-refractivity contribution in [2.75, 3.05) is 0 Å². The third-order valence-electron chi connectivity index (χ3n) is 3.00.